The van der Waals surface area contributed by atoms with Crippen LogP contribution in [0, 0.1) is 11.3 Å². The Bertz CT molecular complexity index is 1390. The van der Waals surface area contributed by atoms with Gasteiger partial charge in [0.1, 0.15) is 18.2 Å². The Kier molecular flexibility index (Phi) is 4.81. The van der Waals surface area contributed by atoms with Gasteiger partial charge in [-0.3, -0.25) is 4.79 Å². The molecule has 1 aliphatic heterocycles. The molecular formula is C26H19N3O2. The van der Waals surface area contributed by atoms with Gasteiger partial charge >= 0.3 is 0 Å². The van der Waals surface area contributed by atoms with Crippen molar-refractivity contribution in [2.75, 3.05) is 0 Å². The van der Waals surface area contributed by atoms with Crippen LogP contribution in [-0.2, 0) is 13.2 Å². The third-order valence-corrected chi connectivity index (χ3v) is 5.49. The molecule has 1 aliphatic rings. The molecule has 2 heterocycles. The van der Waals surface area contributed by atoms with Crippen LogP contribution in [0.5, 0.6) is 5.75 Å². The van der Waals surface area contributed by atoms with Crippen LogP contribution >= 0.6 is 0 Å². The van der Waals surface area contributed by atoms with Crippen molar-refractivity contribution in [2.45, 2.75) is 19.6 Å². The number of ether oxygens (including phenoxy) is 1. The lowest BCUT2D eigenvalue weighted by molar-refractivity contribution is 0.306. The van der Waals surface area contributed by atoms with Gasteiger partial charge in [-0.05, 0) is 65.6 Å². The zero-order valence-electron chi connectivity index (χ0n) is 16.8. The highest BCUT2D eigenvalue weighted by molar-refractivity contribution is 5.85. The molecule has 150 valence electrons. The second-order valence-electron chi connectivity index (χ2n) is 7.50. The number of nitriles is 1. The Labute approximate surface area is 179 Å². The molecule has 5 nitrogen and oxygen atoms in total. The Hall–Kier alpha value is -4.17. The van der Waals surface area contributed by atoms with E-state index in [-0.39, 0.29) is 5.56 Å². The van der Waals surface area contributed by atoms with Gasteiger partial charge in [-0.25, -0.2) is 0 Å². The molecule has 5 rings (SSSR count). The summed E-state index contributed by atoms with van der Waals surface area (Å²) < 4.78 is 7.97. The number of nitrogens with zero attached hydrogens (tertiary/aromatic N) is 3. The lowest BCUT2D eigenvalue weighted by Crippen LogP contribution is -2.14. The number of hydrogen-bond donors (Lipinski definition) is 0. The van der Waals surface area contributed by atoms with Crippen LogP contribution in [0.3, 0.4) is 0 Å². The third kappa shape index (κ3) is 3.72. The number of rotatable bonds is 4. The molecule has 31 heavy (non-hydrogen) atoms. The summed E-state index contributed by atoms with van der Waals surface area (Å²) in [6.07, 6.45) is 2.93. The van der Waals surface area contributed by atoms with Crippen molar-refractivity contribution in [3.63, 3.8) is 0 Å². The third-order valence-electron chi connectivity index (χ3n) is 5.49. The highest BCUT2D eigenvalue weighted by Crippen LogP contribution is 2.29. The van der Waals surface area contributed by atoms with Crippen molar-refractivity contribution in [1.82, 2.24) is 9.55 Å². The molecule has 1 aromatic heterocycles. The first-order chi connectivity index (χ1) is 15.2. The van der Waals surface area contributed by atoms with Crippen LogP contribution in [-0.4, -0.2) is 9.55 Å². The smallest absolute Gasteiger partial charge is 0.281 e. The van der Waals surface area contributed by atoms with E-state index in [0.29, 0.717) is 17.6 Å². The number of aryl methyl sites for hydroxylation is 1. The zero-order chi connectivity index (χ0) is 21.2. The number of benzene rings is 3. The summed E-state index contributed by atoms with van der Waals surface area (Å²) >= 11 is 0. The molecular weight excluding hydrogens is 386 g/mol. The lowest BCUT2D eigenvalue weighted by Gasteiger charge is -2.08. The molecule has 0 fully saturated rings. The van der Waals surface area contributed by atoms with Gasteiger partial charge in [-0.15, -0.1) is 0 Å². The van der Waals surface area contributed by atoms with Crippen molar-refractivity contribution in [1.29, 1.82) is 5.26 Å². The molecule has 0 bridgehead atoms. The maximum Gasteiger partial charge on any atom is 0.281 e. The first-order valence-electron chi connectivity index (χ1n) is 10.1. The van der Waals surface area contributed by atoms with Gasteiger partial charge < -0.3 is 9.30 Å². The van der Waals surface area contributed by atoms with Gasteiger partial charge in [0, 0.05) is 6.54 Å². The topological polar surface area (TPSA) is 67.9 Å². The summed E-state index contributed by atoms with van der Waals surface area (Å²) in [6.45, 7) is 1.26. The van der Waals surface area contributed by atoms with Gasteiger partial charge in [0.2, 0.25) is 0 Å². The van der Waals surface area contributed by atoms with Crippen LogP contribution in [0.15, 0.2) is 77.6 Å². The average Bonchev–Trinajstić information content (AvgIpc) is 3.21. The maximum absolute atomic E-state index is 12.4. The second kappa shape index (κ2) is 7.92. The first-order valence-corrected chi connectivity index (χ1v) is 10.1. The molecule has 4 aromatic rings. The van der Waals surface area contributed by atoms with Crippen LogP contribution < -0.4 is 10.3 Å². The van der Waals surface area contributed by atoms with E-state index in [2.05, 4.69) is 21.7 Å². The minimum atomic E-state index is -0.179. The zero-order valence-corrected chi connectivity index (χ0v) is 16.8. The van der Waals surface area contributed by atoms with Gasteiger partial charge in [0.15, 0.2) is 0 Å². The standard InChI is InChI=1S/C26H19N3O2/c27-16-19-5-7-20(8-6-19)17-31-22-11-9-18(10-12-22)15-21-13-14-29-24-4-2-1-3-23(24)26(30)28-25(21)29/h1-12,15H,13-14,17H2/b21-15-. The predicted octanol–water partition coefficient (Wildman–Crippen LogP) is 4.79. The molecule has 3 aromatic carbocycles. The van der Waals surface area contributed by atoms with Gasteiger partial charge in [0.05, 0.1) is 22.5 Å². The van der Waals surface area contributed by atoms with Crippen molar-refractivity contribution < 1.29 is 4.74 Å². The van der Waals surface area contributed by atoms with Gasteiger partial charge in [0.25, 0.3) is 5.56 Å². The van der Waals surface area contributed by atoms with Crippen molar-refractivity contribution in [3.8, 4) is 11.8 Å². The monoisotopic (exact) mass is 405 g/mol. The van der Waals surface area contributed by atoms with E-state index in [9.17, 15) is 4.79 Å². The van der Waals surface area contributed by atoms with Gasteiger partial charge in [-0.2, -0.15) is 10.2 Å². The molecule has 0 saturated heterocycles. The lowest BCUT2D eigenvalue weighted by atomic mass is 10.1. The maximum atomic E-state index is 12.4. The molecule has 0 atom stereocenters. The fraction of sp³-hybridized carbons (Fsp3) is 0.115. The fourth-order valence-corrected chi connectivity index (χ4v) is 3.88. The van der Waals surface area contributed by atoms with E-state index in [1.54, 1.807) is 12.1 Å². The van der Waals surface area contributed by atoms with Crippen molar-refractivity contribution in [2.24, 2.45) is 0 Å². The summed E-state index contributed by atoms with van der Waals surface area (Å²) in [7, 11) is 0. The molecule has 0 aliphatic carbocycles. The van der Waals surface area contributed by atoms with Crippen LogP contribution in [0.2, 0.25) is 0 Å². The SMILES string of the molecule is N#Cc1ccc(COc2ccc(/C=C3/CCn4c3nc(=O)c3ccccc34)cc2)cc1. The summed E-state index contributed by atoms with van der Waals surface area (Å²) in [4.78, 5) is 16.8. The Morgan fingerprint density at radius 1 is 1.03 bits per heavy atom. The fourth-order valence-electron chi connectivity index (χ4n) is 3.88. The summed E-state index contributed by atoms with van der Waals surface area (Å²) in [6, 6.07) is 25.0. The van der Waals surface area contributed by atoms with Crippen molar-refractivity contribution in [3.05, 3.63) is 106 Å². The van der Waals surface area contributed by atoms with E-state index < -0.39 is 0 Å². The van der Waals surface area contributed by atoms with Crippen molar-refractivity contribution >= 4 is 22.6 Å². The predicted molar refractivity (Wildman–Crippen MR) is 120 cm³/mol. The number of para-hydroxylation sites is 1. The number of aromatic nitrogens is 2. The largest absolute Gasteiger partial charge is 0.489 e. The van der Waals surface area contributed by atoms with Crippen LogP contribution in [0.25, 0.3) is 22.6 Å². The minimum Gasteiger partial charge on any atom is -0.489 e. The Morgan fingerprint density at radius 2 is 1.81 bits per heavy atom. The molecule has 0 radical (unpaired) electrons. The molecule has 0 amide bonds. The molecule has 5 heteroatoms. The van der Waals surface area contributed by atoms with E-state index >= 15 is 0 Å². The van der Waals surface area contributed by atoms with Gasteiger partial charge in [-0.1, -0.05) is 36.4 Å². The van der Waals surface area contributed by atoms with E-state index in [4.69, 9.17) is 10.00 Å². The van der Waals surface area contributed by atoms with Crippen LogP contribution in [0.1, 0.15) is 28.9 Å². The normalized spacial score (nSPS) is 13.8. The Balaban J connectivity index is 1.34. The number of fused-ring (bicyclic) bond motifs is 3. The van der Waals surface area contributed by atoms with Crippen LogP contribution in [0.4, 0.5) is 0 Å². The quantitative estimate of drug-likeness (QED) is 0.489. The highest BCUT2D eigenvalue weighted by Gasteiger charge is 2.20. The van der Waals surface area contributed by atoms with E-state index in [1.165, 1.54) is 0 Å². The molecule has 0 N–H and O–H groups in total. The summed E-state index contributed by atoms with van der Waals surface area (Å²) in [5, 5.41) is 9.54. The first kappa shape index (κ1) is 18.8. The summed E-state index contributed by atoms with van der Waals surface area (Å²) in [5.74, 6) is 1.53. The number of hydrogen-bond acceptors (Lipinski definition) is 4. The molecule has 0 saturated carbocycles. The average molecular weight is 405 g/mol. The van der Waals surface area contributed by atoms with E-state index in [0.717, 1.165) is 46.8 Å². The molecule has 0 spiro atoms. The second-order valence-corrected chi connectivity index (χ2v) is 7.50. The number of allylic oxidation sites excluding steroid dienone is 1. The minimum absolute atomic E-state index is 0.179. The van der Waals surface area contributed by atoms with E-state index in [1.807, 2.05) is 60.7 Å². The highest BCUT2D eigenvalue weighted by atomic mass is 16.5. The Morgan fingerprint density at radius 3 is 2.58 bits per heavy atom. The summed E-state index contributed by atoms with van der Waals surface area (Å²) in [5.41, 5.74) is 4.51. The molecule has 0 unspecified atom stereocenters.